The summed E-state index contributed by atoms with van der Waals surface area (Å²) in [6, 6.07) is 11.5. The van der Waals surface area contributed by atoms with Gasteiger partial charge in [0.05, 0.1) is 10.7 Å². The third-order valence-electron chi connectivity index (χ3n) is 3.42. The second-order valence-corrected chi connectivity index (χ2v) is 7.26. The van der Waals surface area contributed by atoms with Crippen molar-refractivity contribution in [2.75, 3.05) is 5.32 Å². The molecular weight excluding hydrogens is 362 g/mol. The summed E-state index contributed by atoms with van der Waals surface area (Å²) in [5.41, 5.74) is 1.69. The van der Waals surface area contributed by atoms with E-state index >= 15 is 0 Å². The lowest BCUT2D eigenvalue weighted by Crippen LogP contribution is -2.10. The van der Waals surface area contributed by atoms with Gasteiger partial charge >= 0.3 is 0 Å². The van der Waals surface area contributed by atoms with Crippen molar-refractivity contribution in [1.82, 2.24) is 9.97 Å². The summed E-state index contributed by atoms with van der Waals surface area (Å²) in [6.45, 7) is 0. The van der Waals surface area contributed by atoms with Gasteiger partial charge < -0.3 is 0 Å². The van der Waals surface area contributed by atoms with E-state index in [1.807, 2.05) is 41.8 Å². The Balaban J connectivity index is 1.60. The van der Waals surface area contributed by atoms with Crippen molar-refractivity contribution < 1.29 is 4.79 Å². The third kappa shape index (κ3) is 2.80. The molecule has 4 rings (SSSR count). The maximum absolute atomic E-state index is 12.5. The molecule has 0 aliphatic heterocycles. The first-order valence-electron chi connectivity index (χ1n) is 7.06. The molecular formula is C17H10ClN3OS2. The lowest BCUT2D eigenvalue weighted by molar-refractivity contribution is 0.103. The van der Waals surface area contributed by atoms with Crippen molar-refractivity contribution in [1.29, 1.82) is 0 Å². The molecule has 1 amide bonds. The van der Waals surface area contributed by atoms with Crippen molar-refractivity contribution in [2.45, 2.75) is 0 Å². The Kier molecular flexibility index (Phi) is 4.02. The van der Waals surface area contributed by atoms with Gasteiger partial charge in [-0.05, 0) is 18.2 Å². The molecule has 0 saturated carbocycles. The number of anilines is 1. The second kappa shape index (κ2) is 6.32. The molecule has 1 aromatic carbocycles. The smallest absolute Gasteiger partial charge is 0.269 e. The van der Waals surface area contributed by atoms with E-state index in [9.17, 15) is 4.79 Å². The number of carbonyl (C=O) groups excluding carboxylic acids is 1. The number of halogens is 1. The van der Waals surface area contributed by atoms with Gasteiger partial charge in [-0.1, -0.05) is 29.8 Å². The minimum absolute atomic E-state index is 0.242. The highest BCUT2D eigenvalue weighted by atomic mass is 35.5. The molecule has 4 aromatic rings. The maximum Gasteiger partial charge on any atom is 0.269 e. The number of amides is 1. The van der Waals surface area contributed by atoms with Crippen LogP contribution >= 0.6 is 34.3 Å². The average molecular weight is 372 g/mol. The Labute approximate surface area is 150 Å². The Bertz CT molecular complexity index is 1030. The summed E-state index contributed by atoms with van der Waals surface area (Å²) in [7, 11) is 0. The molecule has 0 aliphatic rings. The SMILES string of the molecule is O=C(Nc1nc(-c2cccnc2)cs1)c1sc2ccccc2c1Cl. The number of benzene rings is 1. The van der Waals surface area contributed by atoms with E-state index in [2.05, 4.69) is 15.3 Å². The maximum atomic E-state index is 12.5. The molecule has 3 aromatic heterocycles. The van der Waals surface area contributed by atoms with Crippen LogP contribution in [0.4, 0.5) is 5.13 Å². The Hall–Kier alpha value is -2.28. The zero-order chi connectivity index (χ0) is 16.5. The topological polar surface area (TPSA) is 54.9 Å². The van der Waals surface area contributed by atoms with Crippen LogP contribution < -0.4 is 5.32 Å². The summed E-state index contributed by atoms with van der Waals surface area (Å²) in [5.74, 6) is -0.242. The number of carbonyl (C=O) groups is 1. The van der Waals surface area contributed by atoms with Crippen LogP contribution in [0.25, 0.3) is 21.3 Å². The van der Waals surface area contributed by atoms with Crippen molar-refractivity contribution >= 4 is 55.4 Å². The number of pyridine rings is 1. The molecule has 0 bridgehead atoms. The quantitative estimate of drug-likeness (QED) is 0.529. The number of thiophene rings is 1. The second-order valence-electron chi connectivity index (χ2n) is 4.98. The number of aromatic nitrogens is 2. The Morgan fingerprint density at radius 1 is 1.17 bits per heavy atom. The first kappa shape index (κ1) is 15.3. The van der Waals surface area contributed by atoms with E-state index in [-0.39, 0.29) is 5.91 Å². The Morgan fingerprint density at radius 2 is 2.04 bits per heavy atom. The minimum Gasteiger partial charge on any atom is -0.297 e. The standard InChI is InChI=1S/C17H10ClN3OS2/c18-14-11-5-1-2-6-13(11)24-15(14)16(22)21-17-20-12(9-23-17)10-4-3-7-19-8-10/h1-9H,(H,20,21,22). The van der Waals surface area contributed by atoms with Gasteiger partial charge in [0.15, 0.2) is 5.13 Å². The van der Waals surface area contributed by atoms with Gasteiger partial charge in [-0.15, -0.1) is 22.7 Å². The fourth-order valence-electron chi connectivity index (χ4n) is 2.29. The molecule has 118 valence electrons. The molecule has 0 fully saturated rings. The first-order valence-corrected chi connectivity index (χ1v) is 9.14. The number of hydrogen-bond acceptors (Lipinski definition) is 5. The normalized spacial score (nSPS) is 10.9. The van der Waals surface area contributed by atoms with Crippen LogP contribution in [-0.2, 0) is 0 Å². The van der Waals surface area contributed by atoms with Crippen LogP contribution in [0.5, 0.6) is 0 Å². The minimum atomic E-state index is -0.242. The number of nitrogens with one attached hydrogen (secondary N) is 1. The van der Waals surface area contributed by atoms with Crippen LogP contribution in [0.1, 0.15) is 9.67 Å². The fraction of sp³-hybridized carbons (Fsp3) is 0. The molecule has 7 heteroatoms. The van der Waals surface area contributed by atoms with Gasteiger partial charge in [0.25, 0.3) is 5.91 Å². The summed E-state index contributed by atoms with van der Waals surface area (Å²) < 4.78 is 0.989. The zero-order valence-electron chi connectivity index (χ0n) is 12.2. The number of fused-ring (bicyclic) bond motifs is 1. The molecule has 0 spiro atoms. The van der Waals surface area contributed by atoms with Crippen molar-refractivity contribution in [3.63, 3.8) is 0 Å². The van der Waals surface area contributed by atoms with Crippen LogP contribution in [0.2, 0.25) is 5.02 Å². The first-order chi connectivity index (χ1) is 11.7. The highest BCUT2D eigenvalue weighted by molar-refractivity contribution is 7.21. The number of thiazole rings is 1. The van der Waals surface area contributed by atoms with Gasteiger partial charge in [-0.25, -0.2) is 4.98 Å². The van der Waals surface area contributed by atoms with E-state index in [4.69, 9.17) is 11.6 Å². The molecule has 0 saturated heterocycles. The monoisotopic (exact) mass is 371 g/mol. The molecule has 0 radical (unpaired) electrons. The molecule has 4 nitrogen and oxygen atoms in total. The molecule has 0 unspecified atom stereocenters. The number of nitrogens with zero attached hydrogens (tertiary/aromatic N) is 2. The lowest BCUT2D eigenvalue weighted by Gasteiger charge is -1.99. The highest BCUT2D eigenvalue weighted by Gasteiger charge is 2.18. The predicted octanol–water partition coefficient (Wildman–Crippen LogP) is 5.33. The summed E-state index contributed by atoms with van der Waals surface area (Å²) in [4.78, 5) is 21.5. The van der Waals surface area contributed by atoms with E-state index in [0.29, 0.717) is 15.0 Å². The van der Waals surface area contributed by atoms with E-state index < -0.39 is 0 Å². The van der Waals surface area contributed by atoms with E-state index in [0.717, 1.165) is 21.3 Å². The fourth-order valence-corrected chi connectivity index (χ4v) is 4.42. The van der Waals surface area contributed by atoms with Crippen LogP contribution in [0, 0.1) is 0 Å². The van der Waals surface area contributed by atoms with Gasteiger partial charge in [0.2, 0.25) is 0 Å². The predicted molar refractivity (Wildman–Crippen MR) is 100 cm³/mol. The Morgan fingerprint density at radius 3 is 2.83 bits per heavy atom. The molecule has 3 heterocycles. The van der Waals surface area contributed by atoms with Gasteiger partial charge in [-0.2, -0.15) is 0 Å². The van der Waals surface area contributed by atoms with E-state index in [1.54, 1.807) is 12.4 Å². The van der Waals surface area contributed by atoms with Crippen LogP contribution in [0.3, 0.4) is 0 Å². The lowest BCUT2D eigenvalue weighted by atomic mass is 10.2. The van der Waals surface area contributed by atoms with Gasteiger partial charge in [-0.3, -0.25) is 15.1 Å². The molecule has 1 N–H and O–H groups in total. The summed E-state index contributed by atoms with van der Waals surface area (Å²) >= 11 is 9.09. The molecule has 24 heavy (non-hydrogen) atoms. The van der Waals surface area contributed by atoms with Gasteiger partial charge in [0.1, 0.15) is 4.88 Å². The molecule has 0 atom stereocenters. The van der Waals surface area contributed by atoms with Crippen LogP contribution in [-0.4, -0.2) is 15.9 Å². The average Bonchev–Trinajstić information content (AvgIpc) is 3.21. The zero-order valence-corrected chi connectivity index (χ0v) is 14.6. The van der Waals surface area contributed by atoms with E-state index in [1.165, 1.54) is 22.7 Å². The van der Waals surface area contributed by atoms with Crippen molar-refractivity contribution in [2.24, 2.45) is 0 Å². The number of hydrogen-bond donors (Lipinski definition) is 1. The highest BCUT2D eigenvalue weighted by Crippen LogP contribution is 2.35. The largest absolute Gasteiger partial charge is 0.297 e. The number of rotatable bonds is 3. The van der Waals surface area contributed by atoms with Crippen molar-refractivity contribution in [3.05, 3.63) is 64.1 Å². The summed E-state index contributed by atoms with van der Waals surface area (Å²) in [6.07, 6.45) is 3.45. The van der Waals surface area contributed by atoms with Crippen molar-refractivity contribution in [3.8, 4) is 11.3 Å². The summed E-state index contributed by atoms with van der Waals surface area (Å²) in [5, 5.41) is 6.62. The van der Waals surface area contributed by atoms with Crippen LogP contribution in [0.15, 0.2) is 54.2 Å². The van der Waals surface area contributed by atoms with Gasteiger partial charge in [0, 0.05) is 33.4 Å². The molecule has 0 aliphatic carbocycles. The third-order valence-corrected chi connectivity index (χ3v) is 5.85.